The fraction of sp³-hybridized carbons (Fsp3) is 0.273. The summed E-state index contributed by atoms with van der Waals surface area (Å²) in [6, 6.07) is 13.4. The molecule has 1 saturated heterocycles. The van der Waals surface area contributed by atoms with Crippen LogP contribution in [-0.4, -0.2) is 54.1 Å². The molecule has 3 heterocycles. The molecule has 154 valence electrons. The maximum atomic E-state index is 12.3. The second-order valence-electron chi connectivity index (χ2n) is 7.01. The molecule has 1 fully saturated rings. The van der Waals surface area contributed by atoms with E-state index >= 15 is 0 Å². The number of pyridine rings is 1. The molecular weight excluding hydrogens is 380 g/mol. The van der Waals surface area contributed by atoms with Gasteiger partial charge in [0, 0.05) is 32.4 Å². The van der Waals surface area contributed by atoms with Crippen LogP contribution in [0.15, 0.2) is 61.1 Å². The van der Waals surface area contributed by atoms with Gasteiger partial charge in [-0.05, 0) is 29.8 Å². The molecule has 1 aliphatic rings. The number of anilines is 3. The number of ether oxygens (including phenoxy) is 1. The third kappa shape index (κ3) is 4.83. The molecule has 1 aliphatic heterocycles. The molecule has 30 heavy (non-hydrogen) atoms. The number of benzene rings is 1. The Morgan fingerprint density at radius 1 is 0.967 bits per heavy atom. The third-order valence-electron chi connectivity index (χ3n) is 4.98. The Balaban J connectivity index is 1.29. The largest absolute Gasteiger partial charge is 0.497 e. The van der Waals surface area contributed by atoms with Gasteiger partial charge < -0.3 is 19.9 Å². The maximum absolute atomic E-state index is 12.3. The van der Waals surface area contributed by atoms with E-state index in [1.807, 2.05) is 48.7 Å². The molecular formula is C22H24N6O2. The summed E-state index contributed by atoms with van der Waals surface area (Å²) in [6.07, 6.45) is 5.40. The van der Waals surface area contributed by atoms with Crippen molar-refractivity contribution in [3.63, 3.8) is 0 Å². The van der Waals surface area contributed by atoms with E-state index in [4.69, 9.17) is 4.74 Å². The van der Waals surface area contributed by atoms with Crippen LogP contribution in [0.1, 0.15) is 5.56 Å². The number of amides is 1. The van der Waals surface area contributed by atoms with Gasteiger partial charge in [0.2, 0.25) is 11.9 Å². The van der Waals surface area contributed by atoms with Crippen molar-refractivity contribution in [1.82, 2.24) is 15.0 Å². The number of carbonyl (C=O) groups excluding carboxylic acids is 1. The van der Waals surface area contributed by atoms with Gasteiger partial charge in [-0.2, -0.15) is 0 Å². The summed E-state index contributed by atoms with van der Waals surface area (Å²) in [4.78, 5) is 29.9. The van der Waals surface area contributed by atoms with Crippen molar-refractivity contribution >= 4 is 23.4 Å². The normalized spacial score (nSPS) is 13.8. The summed E-state index contributed by atoms with van der Waals surface area (Å²) < 4.78 is 5.13. The number of carbonyl (C=O) groups is 1. The smallest absolute Gasteiger partial charge is 0.228 e. The first kappa shape index (κ1) is 19.6. The Hall–Kier alpha value is -3.68. The minimum absolute atomic E-state index is 0.111. The number of nitrogens with zero attached hydrogens (tertiary/aromatic N) is 5. The van der Waals surface area contributed by atoms with E-state index < -0.39 is 0 Å². The first-order valence-corrected chi connectivity index (χ1v) is 9.87. The average Bonchev–Trinajstić information content (AvgIpc) is 2.81. The molecule has 3 aromatic rings. The van der Waals surface area contributed by atoms with Crippen molar-refractivity contribution in [2.75, 3.05) is 48.4 Å². The minimum Gasteiger partial charge on any atom is -0.497 e. The Labute approximate surface area is 175 Å². The zero-order valence-electron chi connectivity index (χ0n) is 16.9. The molecule has 1 aromatic carbocycles. The van der Waals surface area contributed by atoms with Crippen LogP contribution in [0.2, 0.25) is 0 Å². The molecule has 0 bridgehead atoms. The van der Waals surface area contributed by atoms with E-state index in [-0.39, 0.29) is 12.3 Å². The molecule has 0 unspecified atom stereocenters. The maximum Gasteiger partial charge on any atom is 0.228 e. The number of hydrogen-bond donors (Lipinski definition) is 1. The van der Waals surface area contributed by atoms with Gasteiger partial charge in [0.15, 0.2) is 0 Å². The van der Waals surface area contributed by atoms with Crippen LogP contribution >= 0.6 is 0 Å². The molecule has 0 spiro atoms. The van der Waals surface area contributed by atoms with E-state index in [0.717, 1.165) is 43.3 Å². The van der Waals surface area contributed by atoms with Crippen LogP contribution in [0.4, 0.5) is 17.5 Å². The highest BCUT2D eigenvalue weighted by atomic mass is 16.5. The van der Waals surface area contributed by atoms with Gasteiger partial charge in [-0.3, -0.25) is 4.79 Å². The van der Waals surface area contributed by atoms with Gasteiger partial charge in [0.25, 0.3) is 0 Å². The lowest BCUT2D eigenvalue weighted by molar-refractivity contribution is -0.115. The molecule has 4 rings (SSSR count). The van der Waals surface area contributed by atoms with Crippen molar-refractivity contribution in [2.45, 2.75) is 6.42 Å². The van der Waals surface area contributed by atoms with Gasteiger partial charge >= 0.3 is 0 Å². The van der Waals surface area contributed by atoms with Crippen molar-refractivity contribution in [1.29, 1.82) is 0 Å². The number of methoxy groups -OCH3 is 1. The Morgan fingerprint density at radius 3 is 2.30 bits per heavy atom. The number of rotatable bonds is 6. The Morgan fingerprint density at radius 2 is 1.67 bits per heavy atom. The third-order valence-corrected chi connectivity index (χ3v) is 4.98. The SMILES string of the molecule is COc1ccc(CC(=O)Nc2cnc(N3CCN(c4ccccn4)CC3)nc2)cc1. The summed E-state index contributed by atoms with van der Waals surface area (Å²) in [5, 5.41) is 2.85. The van der Waals surface area contributed by atoms with Crippen molar-refractivity contribution in [3.8, 4) is 5.75 Å². The van der Waals surface area contributed by atoms with Gasteiger partial charge in [-0.15, -0.1) is 0 Å². The number of nitrogens with one attached hydrogen (secondary N) is 1. The molecule has 1 amide bonds. The summed E-state index contributed by atoms with van der Waals surface area (Å²) in [5.41, 5.74) is 1.50. The van der Waals surface area contributed by atoms with Gasteiger partial charge in [0.1, 0.15) is 11.6 Å². The highest BCUT2D eigenvalue weighted by Crippen LogP contribution is 2.17. The first-order valence-electron chi connectivity index (χ1n) is 9.87. The van der Waals surface area contributed by atoms with Crippen molar-refractivity contribution in [2.24, 2.45) is 0 Å². The summed E-state index contributed by atoms with van der Waals surface area (Å²) in [5.74, 6) is 2.32. The quantitative estimate of drug-likeness (QED) is 0.675. The molecule has 0 aliphatic carbocycles. The fourth-order valence-corrected chi connectivity index (χ4v) is 3.36. The monoisotopic (exact) mass is 404 g/mol. The predicted octanol–water partition coefficient (Wildman–Crippen LogP) is 2.39. The van der Waals surface area contributed by atoms with Gasteiger partial charge in [0.05, 0.1) is 31.6 Å². The average molecular weight is 404 g/mol. The highest BCUT2D eigenvalue weighted by molar-refractivity contribution is 5.92. The molecule has 1 N–H and O–H groups in total. The molecule has 0 saturated carbocycles. The second kappa shape index (κ2) is 9.21. The van der Waals surface area contributed by atoms with Crippen molar-refractivity contribution < 1.29 is 9.53 Å². The summed E-state index contributed by atoms with van der Waals surface area (Å²) >= 11 is 0. The molecule has 8 heteroatoms. The van der Waals surface area contributed by atoms with Crippen LogP contribution in [0.25, 0.3) is 0 Å². The van der Waals surface area contributed by atoms with Crippen LogP contribution in [0.5, 0.6) is 5.75 Å². The number of aromatic nitrogens is 3. The number of hydrogen-bond acceptors (Lipinski definition) is 7. The number of piperazine rings is 1. The lowest BCUT2D eigenvalue weighted by atomic mass is 10.1. The van der Waals surface area contributed by atoms with Gasteiger partial charge in [-0.1, -0.05) is 18.2 Å². The Kier molecular flexibility index (Phi) is 6.03. The molecule has 0 radical (unpaired) electrons. The highest BCUT2D eigenvalue weighted by Gasteiger charge is 2.19. The second-order valence-corrected chi connectivity index (χ2v) is 7.01. The van der Waals surface area contributed by atoms with E-state index in [9.17, 15) is 4.79 Å². The van der Waals surface area contributed by atoms with Crippen LogP contribution in [-0.2, 0) is 11.2 Å². The van der Waals surface area contributed by atoms with E-state index in [2.05, 4.69) is 30.1 Å². The summed E-state index contributed by atoms with van der Waals surface area (Å²) in [7, 11) is 1.62. The van der Waals surface area contributed by atoms with E-state index in [1.54, 1.807) is 19.5 Å². The Bertz CT molecular complexity index is 955. The zero-order valence-corrected chi connectivity index (χ0v) is 16.9. The lowest BCUT2D eigenvalue weighted by Crippen LogP contribution is -2.47. The minimum atomic E-state index is -0.111. The van der Waals surface area contributed by atoms with Crippen LogP contribution < -0.4 is 19.9 Å². The lowest BCUT2D eigenvalue weighted by Gasteiger charge is -2.35. The standard InChI is InChI=1S/C22H24N6O2/c1-30-19-7-5-17(6-8-19)14-21(29)26-18-15-24-22(25-16-18)28-12-10-27(11-13-28)20-4-2-3-9-23-20/h2-9,15-16H,10-14H2,1H3,(H,26,29). The predicted molar refractivity (Wildman–Crippen MR) is 116 cm³/mol. The van der Waals surface area contributed by atoms with Gasteiger partial charge in [-0.25, -0.2) is 15.0 Å². The summed E-state index contributed by atoms with van der Waals surface area (Å²) in [6.45, 7) is 3.36. The zero-order chi connectivity index (χ0) is 20.8. The van der Waals surface area contributed by atoms with E-state index in [0.29, 0.717) is 11.6 Å². The molecule has 2 aromatic heterocycles. The first-order chi connectivity index (χ1) is 14.7. The van der Waals surface area contributed by atoms with E-state index in [1.165, 1.54) is 0 Å². The van der Waals surface area contributed by atoms with Crippen molar-refractivity contribution in [3.05, 3.63) is 66.6 Å². The van der Waals surface area contributed by atoms with Crippen LogP contribution in [0, 0.1) is 0 Å². The fourth-order valence-electron chi connectivity index (χ4n) is 3.36. The molecule has 0 atom stereocenters. The molecule has 8 nitrogen and oxygen atoms in total. The topological polar surface area (TPSA) is 83.5 Å². The van der Waals surface area contributed by atoms with Crippen LogP contribution in [0.3, 0.4) is 0 Å².